The molecule has 1 aliphatic heterocycles. The molecule has 0 bridgehead atoms. The molecule has 0 aliphatic carbocycles. The van der Waals surface area contributed by atoms with Crippen molar-refractivity contribution in [3.05, 3.63) is 42.0 Å². The van der Waals surface area contributed by atoms with Gasteiger partial charge < -0.3 is 10.1 Å². The van der Waals surface area contributed by atoms with Crippen LogP contribution >= 0.6 is 0 Å². The van der Waals surface area contributed by atoms with Gasteiger partial charge in [0, 0.05) is 6.61 Å². The Labute approximate surface area is 104 Å². The van der Waals surface area contributed by atoms with Crippen molar-refractivity contribution in [3.63, 3.8) is 0 Å². The second kappa shape index (κ2) is 7.25. The highest BCUT2D eigenvalue weighted by atomic mass is 16.5. The lowest BCUT2D eigenvalue weighted by molar-refractivity contribution is 0.148. The summed E-state index contributed by atoms with van der Waals surface area (Å²) >= 11 is 0. The number of rotatable bonds is 6. The first-order valence-corrected chi connectivity index (χ1v) is 6.45. The van der Waals surface area contributed by atoms with E-state index in [0.717, 1.165) is 19.1 Å². The Morgan fingerprint density at radius 2 is 2.18 bits per heavy atom. The monoisotopic (exact) mass is 231 g/mol. The zero-order chi connectivity index (χ0) is 11.8. The normalized spacial score (nSPS) is 20.1. The van der Waals surface area contributed by atoms with E-state index in [1.54, 1.807) is 0 Å². The molecule has 1 saturated heterocycles. The predicted octanol–water partition coefficient (Wildman–Crippen LogP) is 2.72. The van der Waals surface area contributed by atoms with Crippen LogP contribution in [0.25, 0.3) is 6.08 Å². The van der Waals surface area contributed by atoms with Crippen LogP contribution < -0.4 is 5.32 Å². The molecule has 0 aromatic heterocycles. The van der Waals surface area contributed by atoms with Crippen LogP contribution in [0, 0.1) is 5.92 Å². The van der Waals surface area contributed by atoms with Crippen LogP contribution in [0.1, 0.15) is 18.4 Å². The van der Waals surface area contributed by atoms with E-state index in [4.69, 9.17) is 4.74 Å². The van der Waals surface area contributed by atoms with Gasteiger partial charge in [-0.25, -0.2) is 0 Å². The second-order valence-electron chi connectivity index (χ2n) is 4.54. The highest BCUT2D eigenvalue weighted by molar-refractivity contribution is 5.48. The van der Waals surface area contributed by atoms with Crippen molar-refractivity contribution in [1.29, 1.82) is 0 Å². The molecule has 2 rings (SSSR count). The molecule has 0 radical (unpaired) electrons. The van der Waals surface area contributed by atoms with Crippen molar-refractivity contribution in [2.45, 2.75) is 12.8 Å². The van der Waals surface area contributed by atoms with Crippen LogP contribution in [-0.2, 0) is 4.74 Å². The third-order valence-corrected chi connectivity index (χ3v) is 3.16. The first-order chi connectivity index (χ1) is 8.45. The van der Waals surface area contributed by atoms with Crippen LogP contribution in [0.5, 0.6) is 0 Å². The molecule has 1 atom stereocenters. The summed E-state index contributed by atoms with van der Waals surface area (Å²) in [4.78, 5) is 0. The molecule has 1 aromatic rings. The van der Waals surface area contributed by atoms with Gasteiger partial charge in [0.2, 0.25) is 0 Å². The molecule has 1 heterocycles. The molecule has 1 fully saturated rings. The maximum absolute atomic E-state index is 5.60. The fraction of sp³-hybridized carbons (Fsp3) is 0.467. The lowest BCUT2D eigenvalue weighted by Crippen LogP contribution is -2.10. The molecule has 17 heavy (non-hydrogen) atoms. The summed E-state index contributed by atoms with van der Waals surface area (Å²) in [6, 6.07) is 10.3. The van der Waals surface area contributed by atoms with E-state index in [1.807, 2.05) is 18.2 Å². The van der Waals surface area contributed by atoms with Crippen LogP contribution in [0.2, 0.25) is 0 Å². The van der Waals surface area contributed by atoms with Gasteiger partial charge in [0.1, 0.15) is 0 Å². The largest absolute Gasteiger partial charge is 0.377 e. The molecular formula is C15H21NO. The third kappa shape index (κ3) is 4.72. The molecule has 0 saturated carbocycles. The van der Waals surface area contributed by atoms with Gasteiger partial charge in [0.15, 0.2) is 0 Å². The summed E-state index contributed by atoms with van der Waals surface area (Å²) in [5.74, 6) is 0.827. The van der Waals surface area contributed by atoms with Crippen molar-refractivity contribution in [2.75, 3.05) is 26.3 Å². The van der Waals surface area contributed by atoms with Gasteiger partial charge >= 0.3 is 0 Å². The van der Waals surface area contributed by atoms with Crippen molar-refractivity contribution in [1.82, 2.24) is 5.32 Å². The van der Waals surface area contributed by atoms with Gasteiger partial charge in [-0.1, -0.05) is 42.5 Å². The SMILES string of the molecule is C(=C\c1ccccc1)/COCCC1CCNC1. The van der Waals surface area contributed by atoms with E-state index in [2.05, 4.69) is 29.6 Å². The van der Waals surface area contributed by atoms with Crippen molar-refractivity contribution >= 4 is 6.08 Å². The Bertz CT molecular complexity index is 328. The number of ether oxygens (including phenoxy) is 1. The number of benzene rings is 1. The van der Waals surface area contributed by atoms with E-state index in [9.17, 15) is 0 Å². The first kappa shape index (κ1) is 12.3. The van der Waals surface area contributed by atoms with Crippen LogP contribution in [0.3, 0.4) is 0 Å². The lowest BCUT2D eigenvalue weighted by atomic mass is 10.1. The van der Waals surface area contributed by atoms with E-state index in [0.29, 0.717) is 0 Å². The Kier molecular flexibility index (Phi) is 5.27. The van der Waals surface area contributed by atoms with Crippen LogP contribution in [0.15, 0.2) is 36.4 Å². The average Bonchev–Trinajstić information content (AvgIpc) is 2.88. The van der Waals surface area contributed by atoms with Gasteiger partial charge in [-0.15, -0.1) is 0 Å². The van der Waals surface area contributed by atoms with Gasteiger partial charge in [0.25, 0.3) is 0 Å². The minimum absolute atomic E-state index is 0.717. The van der Waals surface area contributed by atoms with E-state index in [-0.39, 0.29) is 0 Å². The quantitative estimate of drug-likeness (QED) is 0.760. The molecule has 2 nitrogen and oxygen atoms in total. The Morgan fingerprint density at radius 3 is 2.94 bits per heavy atom. The van der Waals surface area contributed by atoms with E-state index < -0.39 is 0 Å². The van der Waals surface area contributed by atoms with Crippen LogP contribution in [-0.4, -0.2) is 26.3 Å². The average molecular weight is 231 g/mol. The van der Waals surface area contributed by atoms with Gasteiger partial charge in [-0.2, -0.15) is 0 Å². The number of hydrogen-bond acceptors (Lipinski definition) is 2. The van der Waals surface area contributed by atoms with Crippen LogP contribution in [0.4, 0.5) is 0 Å². The maximum Gasteiger partial charge on any atom is 0.0650 e. The summed E-state index contributed by atoms with van der Waals surface area (Å²) in [7, 11) is 0. The molecule has 1 aromatic carbocycles. The van der Waals surface area contributed by atoms with Crippen molar-refractivity contribution in [3.8, 4) is 0 Å². The molecule has 1 N–H and O–H groups in total. The van der Waals surface area contributed by atoms with Gasteiger partial charge in [-0.3, -0.25) is 0 Å². The highest BCUT2D eigenvalue weighted by Crippen LogP contribution is 2.11. The third-order valence-electron chi connectivity index (χ3n) is 3.16. The molecular weight excluding hydrogens is 210 g/mol. The summed E-state index contributed by atoms with van der Waals surface area (Å²) in [6.07, 6.45) is 6.69. The molecule has 0 amide bonds. The van der Waals surface area contributed by atoms with Gasteiger partial charge in [-0.05, 0) is 37.4 Å². The minimum Gasteiger partial charge on any atom is -0.377 e. The van der Waals surface area contributed by atoms with E-state index >= 15 is 0 Å². The summed E-state index contributed by atoms with van der Waals surface area (Å²) < 4.78 is 5.60. The van der Waals surface area contributed by atoms with Crippen molar-refractivity contribution in [2.24, 2.45) is 5.92 Å². The molecule has 92 valence electrons. The zero-order valence-electron chi connectivity index (χ0n) is 10.3. The molecule has 1 unspecified atom stereocenters. The lowest BCUT2D eigenvalue weighted by Gasteiger charge is -2.07. The Balaban J connectivity index is 1.55. The fourth-order valence-electron chi connectivity index (χ4n) is 2.11. The van der Waals surface area contributed by atoms with Gasteiger partial charge in [0.05, 0.1) is 6.61 Å². The fourth-order valence-corrected chi connectivity index (χ4v) is 2.11. The number of nitrogens with one attached hydrogen (secondary N) is 1. The highest BCUT2D eigenvalue weighted by Gasteiger charge is 2.13. The molecule has 0 spiro atoms. The standard InChI is InChI=1S/C15H21NO/c1-2-5-14(6-3-1)7-4-11-17-12-9-15-8-10-16-13-15/h1-7,15-16H,8-13H2/b7-4+. The summed E-state index contributed by atoms with van der Waals surface area (Å²) in [6.45, 7) is 3.95. The molecule has 1 aliphatic rings. The minimum atomic E-state index is 0.717. The maximum atomic E-state index is 5.60. The Hall–Kier alpha value is -1.12. The second-order valence-corrected chi connectivity index (χ2v) is 4.54. The summed E-state index contributed by atoms with van der Waals surface area (Å²) in [5, 5.41) is 3.38. The van der Waals surface area contributed by atoms with E-state index in [1.165, 1.54) is 31.5 Å². The first-order valence-electron chi connectivity index (χ1n) is 6.45. The Morgan fingerprint density at radius 1 is 1.29 bits per heavy atom. The zero-order valence-corrected chi connectivity index (χ0v) is 10.3. The number of hydrogen-bond donors (Lipinski definition) is 1. The predicted molar refractivity (Wildman–Crippen MR) is 71.9 cm³/mol. The molecule has 2 heteroatoms. The van der Waals surface area contributed by atoms with Crippen molar-refractivity contribution < 1.29 is 4.74 Å². The topological polar surface area (TPSA) is 21.3 Å². The summed E-state index contributed by atoms with van der Waals surface area (Å²) in [5.41, 5.74) is 1.23. The smallest absolute Gasteiger partial charge is 0.0650 e.